The Morgan fingerprint density at radius 1 is 1.00 bits per heavy atom. The van der Waals surface area contributed by atoms with Gasteiger partial charge in [-0.1, -0.05) is 72.8 Å². The van der Waals surface area contributed by atoms with Crippen molar-refractivity contribution in [1.82, 2.24) is 0 Å². The molecule has 0 bridgehead atoms. The van der Waals surface area contributed by atoms with E-state index in [1.807, 2.05) is 36.4 Å². The van der Waals surface area contributed by atoms with Gasteiger partial charge in [-0.15, -0.1) is 0 Å². The first-order valence-electron chi connectivity index (χ1n) is 6.53. The maximum absolute atomic E-state index is 11.4. The van der Waals surface area contributed by atoms with Gasteiger partial charge in [-0.2, -0.15) is 0 Å². The van der Waals surface area contributed by atoms with Crippen molar-refractivity contribution >= 4 is 11.9 Å². The summed E-state index contributed by atoms with van der Waals surface area (Å²) in [6.07, 6.45) is 4.75. The lowest BCUT2D eigenvalue weighted by Gasteiger charge is -2.11. The van der Waals surface area contributed by atoms with Gasteiger partial charge in [0, 0.05) is 12.3 Å². The molecular formula is C18H18O. The minimum absolute atomic E-state index is 0.152. The summed E-state index contributed by atoms with van der Waals surface area (Å²) in [5.74, 6) is 0.366. The number of hydrogen-bond donors (Lipinski definition) is 0. The first-order valence-corrected chi connectivity index (χ1v) is 6.53. The van der Waals surface area contributed by atoms with Crippen molar-refractivity contribution in [2.24, 2.45) is 0 Å². The summed E-state index contributed by atoms with van der Waals surface area (Å²) in [6, 6.07) is 20.3. The molecule has 96 valence electrons. The van der Waals surface area contributed by atoms with Crippen LogP contribution < -0.4 is 0 Å². The van der Waals surface area contributed by atoms with Gasteiger partial charge in [0.15, 0.2) is 0 Å². The van der Waals surface area contributed by atoms with Crippen LogP contribution in [0.4, 0.5) is 0 Å². The lowest BCUT2D eigenvalue weighted by Crippen LogP contribution is -2.01. The second-order valence-corrected chi connectivity index (χ2v) is 4.69. The normalized spacial score (nSPS) is 12.5. The molecule has 1 atom stereocenters. The average Bonchev–Trinajstić information content (AvgIpc) is 2.45. The number of rotatable bonds is 5. The maximum Gasteiger partial charge on any atom is 0.130 e. The van der Waals surface area contributed by atoms with Crippen molar-refractivity contribution < 1.29 is 4.79 Å². The first kappa shape index (κ1) is 13.3. The number of Topliss-reactive ketones (excluding diaryl/α,β-unsaturated/α-hetero) is 1. The number of benzene rings is 2. The first-order chi connectivity index (χ1) is 9.25. The van der Waals surface area contributed by atoms with Crippen LogP contribution in [0.25, 0.3) is 6.08 Å². The fourth-order valence-corrected chi connectivity index (χ4v) is 2.10. The Morgan fingerprint density at radius 2 is 1.58 bits per heavy atom. The topological polar surface area (TPSA) is 17.1 Å². The highest BCUT2D eigenvalue weighted by atomic mass is 16.1. The van der Waals surface area contributed by atoms with Gasteiger partial charge in [-0.25, -0.2) is 0 Å². The smallest absolute Gasteiger partial charge is 0.130 e. The Morgan fingerprint density at radius 3 is 2.16 bits per heavy atom. The molecule has 0 aliphatic carbocycles. The van der Waals surface area contributed by atoms with Crippen molar-refractivity contribution in [1.29, 1.82) is 0 Å². The molecule has 0 heterocycles. The third-order valence-electron chi connectivity index (χ3n) is 3.06. The Kier molecular flexibility index (Phi) is 4.68. The van der Waals surface area contributed by atoms with Crippen LogP contribution in [-0.2, 0) is 4.79 Å². The van der Waals surface area contributed by atoms with Crippen molar-refractivity contribution in [3.63, 3.8) is 0 Å². The summed E-state index contributed by atoms with van der Waals surface area (Å²) in [5, 5.41) is 0. The molecule has 1 heteroatoms. The molecule has 0 aromatic heterocycles. The van der Waals surface area contributed by atoms with Gasteiger partial charge in [-0.05, 0) is 18.1 Å². The number of allylic oxidation sites excluding steroid dienone is 1. The van der Waals surface area contributed by atoms with Crippen molar-refractivity contribution in [3.05, 3.63) is 77.9 Å². The van der Waals surface area contributed by atoms with Crippen LogP contribution in [-0.4, -0.2) is 5.78 Å². The average molecular weight is 250 g/mol. The molecule has 0 N–H and O–H groups in total. The third-order valence-corrected chi connectivity index (χ3v) is 3.06. The number of carbonyl (C=O) groups excluding carboxylic acids is 1. The van der Waals surface area contributed by atoms with E-state index in [0.717, 1.165) is 5.56 Å². The summed E-state index contributed by atoms with van der Waals surface area (Å²) in [6.45, 7) is 1.65. The third kappa shape index (κ3) is 4.22. The second kappa shape index (κ2) is 6.69. The highest BCUT2D eigenvalue weighted by molar-refractivity contribution is 5.77. The minimum Gasteiger partial charge on any atom is -0.300 e. The molecule has 2 aromatic carbocycles. The lowest BCUT2D eigenvalue weighted by atomic mass is 9.93. The summed E-state index contributed by atoms with van der Waals surface area (Å²) in [5.41, 5.74) is 2.34. The quantitative estimate of drug-likeness (QED) is 0.765. The molecule has 19 heavy (non-hydrogen) atoms. The molecule has 0 saturated carbocycles. The van der Waals surface area contributed by atoms with E-state index in [-0.39, 0.29) is 11.7 Å². The van der Waals surface area contributed by atoms with Crippen LogP contribution >= 0.6 is 0 Å². The van der Waals surface area contributed by atoms with E-state index in [1.54, 1.807) is 6.92 Å². The van der Waals surface area contributed by atoms with Crippen molar-refractivity contribution in [2.45, 2.75) is 19.3 Å². The summed E-state index contributed by atoms with van der Waals surface area (Å²) in [4.78, 5) is 11.4. The van der Waals surface area contributed by atoms with Crippen LogP contribution in [0.15, 0.2) is 66.7 Å². The van der Waals surface area contributed by atoms with E-state index in [2.05, 4.69) is 36.4 Å². The molecule has 0 aliphatic rings. The van der Waals surface area contributed by atoms with Gasteiger partial charge >= 0.3 is 0 Å². The van der Waals surface area contributed by atoms with Gasteiger partial charge < -0.3 is 0 Å². The van der Waals surface area contributed by atoms with E-state index in [0.29, 0.717) is 6.42 Å². The summed E-state index contributed by atoms with van der Waals surface area (Å²) in [7, 11) is 0. The van der Waals surface area contributed by atoms with E-state index in [9.17, 15) is 4.79 Å². The second-order valence-electron chi connectivity index (χ2n) is 4.69. The summed E-state index contributed by atoms with van der Waals surface area (Å²) >= 11 is 0. The monoisotopic (exact) mass is 250 g/mol. The van der Waals surface area contributed by atoms with Crippen LogP contribution in [0.2, 0.25) is 0 Å². The van der Waals surface area contributed by atoms with Crippen LogP contribution in [0.1, 0.15) is 30.4 Å². The predicted molar refractivity (Wildman–Crippen MR) is 80.0 cm³/mol. The Bertz CT molecular complexity index is 540. The molecule has 0 radical (unpaired) electrons. The molecule has 1 unspecified atom stereocenters. The Labute approximate surface area is 114 Å². The number of hydrogen-bond acceptors (Lipinski definition) is 1. The molecule has 2 rings (SSSR count). The molecule has 1 nitrogen and oxygen atoms in total. The van der Waals surface area contributed by atoms with Gasteiger partial charge in [0.05, 0.1) is 0 Å². The van der Waals surface area contributed by atoms with Crippen LogP contribution in [0.3, 0.4) is 0 Å². The summed E-state index contributed by atoms with van der Waals surface area (Å²) < 4.78 is 0. The lowest BCUT2D eigenvalue weighted by molar-refractivity contribution is -0.117. The zero-order valence-electron chi connectivity index (χ0n) is 11.1. The van der Waals surface area contributed by atoms with Crippen LogP contribution in [0, 0.1) is 0 Å². The Balaban J connectivity index is 2.19. The van der Waals surface area contributed by atoms with Crippen LogP contribution in [0.5, 0.6) is 0 Å². The van der Waals surface area contributed by atoms with E-state index in [1.165, 1.54) is 5.56 Å². The zero-order valence-corrected chi connectivity index (χ0v) is 11.1. The van der Waals surface area contributed by atoms with Gasteiger partial charge in [0.2, 0.25) is 0 Å². The molecule has 0 aliphatic heterocycles. The van der Waals surface area contributed by atoms with Gasteiger partial charge in [0.25, 0.3) is 0 Å². The standard InChI is InChI=1S/C18H18O/c1-15(19)14-18(17-10-6-3-7-11-17)13-12-16-8-4-2-5-9-16/h2-13,18H,14H2,1H3/b13-12+. The largest absolute Gasteiger partial charge is 0.300 e. The van der Waals surface area contributed by atoms with Crippen molar-refractivity contribution in [2.75, 3.05) is 0 Å². The predicted octanol–water partition coefficient (Wildman–Crippen LogP) is 4.46. The number of ketones is 1. The molecular weight excluding hydrogens is 232 g/mol. The fourth-order valence-electron chi connectivity index (χ4n) is 2.10. The van der Waals surface area contributed by atoms with E-state index < -0.39 is 0 Å². The molecule has 0 saturated heterocycles. The highest BCUT2D eigenvalue weighted by Gasteiger charge is 2.09. The van der Waals surface area contributed by atoms with Gasteiger partial charge in [-0.3, -0.25) is 4.79 Å². The van der Waals surface area contributed by atoms with E-state index >= 15 is 0 Å². The zero-order chi connectivity index (χ0) is 13.5. The molecule has 0 fully saturated rings. The molecule has 2 aromatic rings. The number of carbonyl (C=O) groups is 1. The fraction of sp³-hybridized carbons (Fsp3) is 0.167. The highest BCUT2D eigenvalue weighted by Crippen LogP contribution is 2.22. The van der Waals surface area contributed by atoms with E-state index in [4.69, 9.17) is 0 Å². The van der Waals surface area contributed by atoms with Gasteiger partial charge in [0.1, 0.15) is 5.78 Å². The molecule has 0 spiro atoms. The molecule has 0 amide bonds. The maximum atomic E-state index is 11.4. The Hall–Kier alpha value is -2.15. The minimum atomic E-state index is 0.152. The SMILES string of the molecule is CC(=O)CC(/C=C/c1ccccc1)c1ccccc1. The van der Waals surface area contributed by atoms with Crippen molar-refractivity contribution in [3.8, 4) is 0 Å².